The molecule has 0 aromatic carbocycles. The molecule has 2 rings (SSSR count). The molecule has 4 nitrogen and oxygen atoms in total. The monoisotopic (exact) mass is 220 g/mol. The van der Waals surface area contributed by atoms with Gasteiger partial charge in [-0.25, -0.2) is 9.13 Å². The van der Waals surface area contributed by atoms with Crippen molar-refractivity contribution in [1.29, 1.82) is 0 Å². The maximum Gasteiger partial charge on any atom is 0.246 e. The van der Waals surface area contributed by atoms with Crippen LogP contribution in [-0.4, -0.2) is 9.13 Å². The van der Waals surface area contributed by atoms with Crippen molar-refractivity contribution < 1.29 is 9.13 Å². The Morgan fingerprint density at radius 1 is 1.00 bits per heavy atom. The summed E-state index contributed by atoms with van der Waals surface area (Å²) in [6, 6.07) is 0. The Kier molecular flexibility index (Phi) is 3.08. The van der Waals surface area contributed by atoms with Gasteiger partial charge in [-0.05, 0) is 6.42 Å². The van der Waals surface area contributed by atoms with E-state index < -0.39 is 0 Å². The van der Waals surface area contributed by atoms with E-state index in [0.717, 1.165) is 6.42 Å². The average Bonchev–Trinajstić information content (AvgIpc) is 2.84. The molecule has 0 N–H and O–H groups in total. The minimum Gasteiger partial charge on any atom is -0.239 e. The van der Waals surface area contributed by atoms with Crippen LogP contribution in [0.2, 0.25) is 0 Å². The average molecular weight is 220 g/mol. The summed E-state index contributed by atoms with van der Waals surface area (Å²) < 4.78 is 8.66. The van der Waals surface area contributed by atoms with Gasteiger partial charge in [0, 0.05) is 6.42 Å². The largest absolute Gasteiger partial charge is 0.246 e. The van der Waals surface area contributed by atoms with Crippen molar-refractivity contribution in [2.24, 2.45) is 14.1 Å². The molecule has 0 atom stereocenters. The molecule has 0 fully saturated rings. The molecule has 86 valence electrons. The van der Waals surface area contributed by atoms with Gasteiger partial charge in [0.05, 0.1) is 14.1 Å². The fourth-order valence-corrected chi connectivity index (χ4v) is 2.00. The van der Waals surface area contributed by atoms with Crippen LogP contribution in [-0.2, 0) is 14.1 Å². The summed E-state index contributed by atoms with van der Waals surface area (Å²) in [5.41, 5.74) is 0. The smallest absolute Gasteiger partial charge is 0.239 e. The van der Waals surface area contributed by atoms with E-state index in [4.69, 9.17) is 0 Å². The van der Waals surface area contributed by atoms with Gasteiger partial charge in [-0.2, -0.15) is 9.13 Å². The Labute approximate surface area is 96.4 Å². The summed E-state index contributed by atoms with van der Waals surface area (Å²) in [6.45, 7) is 2.22. The van der Waals surface area contributed by atoms with Gasteiger partial charge in [0.25, 0.3) is 0 Å². The van der Waals surface area contributed by atoms with Crippen molar-refractivity contribution in [3.63, 3.8) is 0 Å². The lowest BCUT2D eigenvalue weighted by Gasteiger charge is -2.08. The van der Waals surface area contributed by atoms with Gasteiger partial charge in [0.2, 0.25) is 18.8 Å². The molecule has 0 aliphatic carbocycles. The first-order valence-corrected chi connectivity index (χ1v) is 5.76. The molecule has 0 unspecified atom stereocenters. The van der Waals surface area contributed by atoms with Crippen molar-refractivity contribution in [3.05, 3.63) is 37.4 Å². The van der Waals surface area contributed by atoms with Crippen LogP contribution in [0.5, 0.6) is 0 Å². The lowest BCUT2D eigenvalue weighted by atomic mass is 10.2. The number of imidazole rings is 2. The third kappa shape index (κ3) is 2.15. The van der Waals surface area contributed by atoms with E-state index in [-0.39, 0.29) is 0 Å². The van der Waals surface area contributed by atoms with Crippen LogP contribution in [0.25, 0.3) is 0 Å². The van der Waals surface area contributed by atoms with E-state index in [1.807, 2.05) is 0 Å². The zero-order valence-corrected chi connectivity index (χ0v) is 10.2. The summed E-state index contributed by atoms with van der Waals surface area (Å²) in [7, 11) is 4.10. The zero-order chi connectivity index (χ0) is 11.5. The summed E-state index contributed by atoms with van der Waals surface area (Å²) in [5.74, 6) is 0. The molecule has 16 heavy (non-hydrogen) atoms. The lowest BCUT2D eigenvalue weighted by molar-refractivity contribution is -0.672. The fraction of sp³-hybridized carbons (Fsp3) is 0.500. The number of hydrogen-bond acceptors (Lipinski definition) is 0. The summed E-state index contributed by atoms with van der Waals surface area (Å²) in [4.78, 5) is 0. The molecule has 0 amide bonds. The van der Waals surface area contributed by atoms with Gasteiger partial charge in [0.15, 0.2) is 0 Å². The van der Waals surface area contributed by atoms with Gasteiger partial charge in [-0.1, -0.05) is 6.92 Å². The lowest BCUT2D eigenvalue weighted by Crippen LogP contribution is -2.27. The van der Waals surface area contributed by atoms with E-state index in [2.05, 4.69) is 76.7 Å². The van der Waals surface area contributed by atoms with E-state index >= 15 is 0 Å². The molecular formula is C12H20N4+2. The fourth-order valence-electron chi connectivity index (χ4n) is 2.00. The van der Waals surface area contributed by atoms with Crippen LogP contribution in [0.3, 0.4) is 0 Å². The van der Waals surface area contributed by atoms with Gasteiger partial charge in [0.1, 0.15) is 24.8 Å². The Morgan fingerprint density at radius 3 is 1.81 bits per heavy atom. The normalized spacial score (nSPS) is 11.2. The van der Waals surface area contributed by atoms with Gasteiger partial charge in [-0.15, -0.1) is 0 Å². The molecule has 0 saturated heterocycles. The second kappa shape index (κ2) is 4.51. The van der Waals surface area contributed by atoms with Crippen LogP contribution in [0, 0.1) is 0 Å². The Bertz CT molecular complexity index is 415. The zero-order valence-electron chi connectivity index (χ0n) is 10.2. The first kappa shape index (κ1) is 10.9. The SMILES string of the molecule is CCCC(n1cc[n+](C)c1)n1cc[n+](C)c1. The highest BCUT2D eigenvalue weighted by atomic mass is 15.3. The highest BCUT2D eigenvalue weighted by Gasteiger charge is 2.21. The van der Waals surface area contributed by atoms with Gasteiger partial charge < -0.3 is 0 Å². The molecular weight excluding hydrogens is 200 g/mol. The predicted octanol–water partition coefficient (Wildman–Crippen LogP) is 0.786. The minimum atomic E-state index is 0.382. The molecule has 2 aromatic heterocycles. The second-order valence-electron chi connectivity index (χ2n) is 4.32. The third-order valence-electron chi connectivity index (χ3n) is 2.81. The molecule has 0 aliphatic heterocycles. The van der Waals surface area contributed by atoms with E-state index in [1.54, 1.807) is 0 Å². The topological polar surface area (TPSA) is 17.6 Å². The van der Waals surface area contributed by atoms with Crippen molar-refractivity contribution in [2.45, 2.75) is 25.9 Å². The summed E-state index contributed by atoms with van der Waals surface area (Å²) >= 11 is 0. The number of rotatable bonds is 4. The highest BCUT2D eigenvalue weighted by Crippen LogP contribution is 2.14. The molecule has 0 bridgehead atoms. The Morgan fingerprint density at radius 2 is 1.50 bits per heavy atom. The molecule has 2 aromatic rings. The highest BCUT2D eigenvalue weighted by molar-refractivity contribution is 4.80. The molecule has 0 radical (unpaired) electrons. The van der Waals surface area contributed by atoms with Crippen LogP contribution in [0.4, 0.5) is 0 Å². The second-order valence-corrected chi connectivity index (χ2v) is 4.32. The van der Waals surface area contributed by atoms with Crippen molar-refractivity contribution in [1.82, 2.24) is 9.13 Å². The van der Waals surface area contributed by atoms with Crippen LogP contribution in [0.15, 0.2) is 37.4 Å². The quantitative estimate of drug-likeness (QED) is 0.678. The standard InChI is InChI=1S/C12H20N4/c1-4-5-12(15-8-6-13(2)10-15)16-9-7-14(3)11-16/h6-12H,4-5H2,1-3H3/q+2. The summed E-state index contributed by atoms with van der Waals surface area (Å²) in [5, 5.41) is 0. The van der Waals surface area contributed by atoms with Crippen molar-refractivity contribution in [2.75, 3.05) is 0 Å². The Hall–Kier alpha value is -1.58. The summed E-state index contributed by atoms with van der Waals surface area (Å²) in [6.07, 6.45) is 15.4. The van der Waals surface area contributed by atoms with E-state index in [1.165, 1.54) is 6.42 Å². The van der Waals surface area contributed by atoms with E-state index in [0.29, 0.717) is 6.17 Å². The van der Waals surface area contributed by atoms with Crippen molar-refractivity contribution >= 4 is 0 Å². The molecule has 0 saturated carbocycles. The molecule has 2 heterocycles. The third-order valence-corrected chi connectivity index (χ3v) is 2.81. The maximum absolute atomic E-state index is 2.25. The number of aromatic nitrogens is 4. The number of hydrogen-bond donors (Lipinski definition) is 0. The van der Waals surface area contributed by atoms with Crippen LogP contribution >= 0.6 is 0 Å². The maximum atomic E-state index is 2.25. The van der Waals surface area contributed by atoms with Crippen molar-refractivity contribution in [3.8, 4) is 0 Å². The number of aryl methyl sites for hydroxylation is 2. The van der Waals surface area contributed by atoms with Gasteiger partial charge in [-0.3, -0.25) is 0 Å². The number of nitrogens with zero attached hydrogens (tertiary/aromatic N) is 4. The molecule has 4 heteroatoms. The van der Waals surface area contributed by atoms with Crippen LogP contribution in [0.1, 0.15) is 25.9 Å². The predicted molar refractivity (Wildman–Crippen MR) is 60.6 cm³/mol. The molecule has 0 aliphatic rings. The van der Waals surface area contributed by atoms with Gasteiger partial charge >= 0.3 is 0 Å². The Balaban J connectivity index is 2.30. The van der Waals surface area contributed by atoms with E-state index in [9.17, 15) is 0 Å². The van der Waals surface area contributed by atoms with Crippen LogP contribution < -0.4 is 9.13 Å². The first-order valence-electron chi connectivity index (χ1n) is 5.76. The first-order chi connectivity index (χ1) is 7.70. The molecule has 0 spiro atoms. The minimum absolute atomic E-state index is 0.382.